The van der Waals surface area contributed by atoms with Gasteiger partial charge in [0.2, 0.25) is 0 Å². The molecule has 1 aliphatic carbocycles. The third-order valence-electron chi connectivity index (χ3n) is 4.50. The molecule has 1 N–H and O–H groups in total. The Balaban J connectivity index is 2.23. The van der Waals surface area contributed by atoms with Crippen molar-refractivity contribution in [2.75, 3.05) is 0 Å². The zero-order valence-corrected chi connectivity index (χ0v) is 16.7. The quantitative estimate of drug-likeness (QED) is 0.645. The van der Waals surface area contributed by atoms with E-state index < -0.39 is 5.54 Å². The van der Waals surface area contributed by atoms with Crippen molar-refractivity contribution in [3.8, 4) is 0 Å². The lowest BCUT2D eigenvalue weighted by molar-refractivity contribution is -0.141. The molecule has 0 unspecified atom stereocenters. The van der Waals surface area contributed by atoms with E-state index in [1.807, 2.05) is 58.9 Å². The highest BCUT2D eigenvalue weighted by atomic mass is 16.2. The van der Waals surface area contributed by atoms with Crippen LogP contribution >= 0.6 is 0 Å². The van der Waals surface area contributed by atoms with Crippen molar-refractivity contribution in [1.82, 2.24) is 10.4 Å². The fourth-order valence-corrected chi connectivity index (χ4v) is 3.12. The monoisotopic (exact) mass is 354 g/mol. The largest absolute Gasteiger partial charge is 0.272 e. The average Bonchev–Trinajstić information content (AvgIpc) is 2.57. The predicted molar refractivity (Wildman–Crippen MR) is 106 cm³/mol. The summed E-state index contributed by atoms with van der Waals surface area (Å²) in [4.78, 5) is 25.8. The summed E-state index contributed by atoms with van der Waals surface area (Å²) in [7, 11) is 0. The van der Waals surface area contributed by atoms with Crippen molar-refractivity contribution in [3.63, 3.8) is 0 Å². The Labute approximate surface area is 156 Å². The predicted octanol–water partition coefficient (Wildman–Crippen LogP) is 4.43. The Morgan fingerprint density at radius 2 is 1.62 bits per heavy atom. The van der Waals surface area contributed by atoms with Crippen LogP contribution in [0.5, 0.6) is 0 Å². The second-order valence-electron chi connectivity index (χ2n) is 8.06. The van der Waals surface area contributed by atoms with E-state index in [9.17, 15) is 9.59 Å². The van der Waals surface area contributed by atoms with Gasteiger partial charge in [-0.15, -0.1) is 0 Å². The molecule has 0 aromatic heterocycles. The molecule has 1 aromatic carbocycles. The van der Waals surface area contributed by atoms with Crippen LogP contribution < -0.4 is 5.43 Å². The molecule has 4 nitrogen and oxygen atoms in total. The van der Waals surface area contributed by atoms with Gasteiger partial charge in [0.05, 0.1) is 11.5 Å². The Bertz CT molecular complexity index is 718. The van der Waals surface area contributed by atoms with Gasteiger partial charge < -0.3 is 0 Å². The molecule has 0 fully saturated rings. The zero-order chi connectivity index (χ0) is 19.5. The van der Waals surface area contributed by atoms with Crippen LogP contribution in [-0.4, -0.2) is 22.4 Å². The van der Waals surface area contributed by atoms with Crippen LogP contribution in [0.4, 0.5) is 0 Å². The molecule has 1 aromatic rings. The third-order valence-corrected chi connectivity index (χ3v) is 4.50. The van der Waals surface area contributed by atoms with Crippen LogP contribution in [0.1, 0.15) is 63.9 Å². The van der Waals surface area contributed by atoms with Crippen LogP contribution in [0.15, 0.2) is 47.6 Å². The molecule has 140 valence electrons. The number of benzene rings is 1. The number of nitrogens with one attached hydrogen (secondary N) is 1. The van der Waals surface area contributed by atoms with Gasteiger partial charge in [0.1, 0.15) is 0 Å². The van der Waals surface area contributed by atoms with Gasteiger partial charge in [0, 0.05) is 5.56 Å². The molecule has 2 amide bonds. The molecule has 0 saturated heterocycles. The van der Waals surface area contributed by atoms with Crippen LogP contribution in [-0.2, 0) is 11.2 Å². The minimum atomic E-state index is -0.531. The number of nitrogens with zero attached hydrogens (tertiary/aromatic N) is 1. The molecule has 4 heteroatoms. The number of allylic oxidation sites excluding steroid dienone is 2. The maximum absolute atomic E-state index is 13.1. The normalized spacial score (nSPS) is 15.2. The van der Waals surface area contributed by atoms with Crippen molar-refractivity contribution >= 4 is 11.8 Å². The number of carbonyl (C=O) groups excluding carboxylic acids is 2. The Hall–Kier alpha value is -2.36. The van der Waals surface area contributed by atoms with Gasteiger partial charge in [-0.1, -0.05) is 42.4 Å². The summed E-state index contributed by atoms with van der Waals surface area (Å²) in [5, 5.41) is 1.46. The van der Waals surface area contributed by atoms with Gasteiger partial charge in [-0.2, -0.15) is 0 Å². The zero-order valence-electron chi connectivity index (χ0n) is 16.7. The lowest BCUT2D eigenvalue weighted by atomic mass is 9.91. The van der Waals surface area contributed by atoms with Gasteiger partial charge in [-0.05, 0) is 65.2 Å². The van der Waals surface area contributed by atoms with Crippen LogP contribution in [0.2, 0.25) is 0 Å². The summed E-state index contributed by atoms with van der Waals surface area (Å²) in [5.41, 5.74) is 6.37. The molecule has 0 saturated carbocycles. The van der Waals surface area contributed by atoms with Gasteiger partial charge >= 0.3 is 0 Å². The molecule has 0 heterocycles. The van der Waals surface area contributed by atoms with Gasteiger partial charge in [-0.3, -0.25) is 15.0 Å². The minimum Gasteiger partial charge on any atom is -0.272 e. The smallest absolute Gasteiger partial charge is 0.269 e. The van der Waals surface area contributed by atoms with Crippen molar-refractivity contribution in [2.24, 2.45) is 5.92 Å². The van der Waals surface area contributed by atoms with Crippen molar-refractivity contribution in [3.05, 3.63) is 58.7 Å². The minimum absolute atomic E-state index is 0.116. The lowest BCUT2D eigenvalue weighted by Crippen LogP contribution is -2.57. The van der Waals surface area contributed by atoms with E-state index >= 15 is 0 Å². The topological polar surface area (TPSA) is 49.4 Å². The van der Waals surface area contributed by atoms with Crippen LogP contribution in [0.25, 0.3) is 0 Å². The number of hydrogen-bond acceptors (Lipinski definition) is 2. The standard InChI is InChI=1S/C22H30N2O2/c1-7-17-8-10-18(11-9-17)20(25)23-24(22(4,5)6)21(26)19-13-15(2)12-16(3)14-19/h8-11,13-14,19H,7,12H2,1-6H3,(H,23,25). The number of carbonyl (C=O) groups is 2. The Morgan fingerprint density at radius 3 is 2.08 bits per heavy atom. The summed E-state index contributed by atoms with van der Waals surface area (Å²) >= 11 is 0. The highest BCUT2D eigenvalue weighted by molar-refractivity contribution is 5.96. The number of amides is 2. The fourth-order valence-electron chi connectivity index (χ4n) is 3.12. The summed E-state index contributed by atoms with van der Waals surface area (Å²) in [6.07, 6.45) is 5.79. The maximum Gasteiger partial charge on any atom is 0.269 e. The van der Waals surface area contributed by atoms with Gasteiger partial charge in [0.25, 0.3) is 11.8 Å². The fraction of sp³-hybridized carbons (Fsp3) is 0.455. The molecular weight excluding hydrogens is 324 g/mol. The van der Waals surface area contributed by atoms with Crippen LogP contribution in [0, 0.1) is 5.92 Å². The van der Waals surface area contributed by atoms with E-state index in [2.05, 4.69) is 12.3 Å². The lowest BCUT2D eigenvalue weighted by Gasteiger charge is -2.37. The highest BCUT2D eigenvalue weighted by Crippen LogP contribution is 2.25. The average molecular weight is 354 g/mol. The first-order chi connectivity index (χ1) is 12.1. The maximum atomic E-state index is 13.1. The highest BCUT2D eigenvalue weighted by Gasteiger charge is 2.32. The molecule has 2 rings (SSSR count). The molecule has 0 radical (unpaired) electrons. The summed E-state index contributed by atoms with van der Waals surface area (Å²) < 4.78 is 0. The van der Waals surface area contributed by atoms with Crippen molar-refractivity contribution in [2.45, 2.75) is 59.9 Å². The second-order valence-corrected chi connectivity index (χ2v) is 8.06. The molecule has 0 atom stereocenters. The van der Waals surface area contributed by atoms with E-state index in [1.54, 1.807) is 12.1 Å². The van der Waals surface area contributed by atoms with E-state index in [0.29, 0.717) is 5.56 Å². The summed E-state index contributed by atoms with van der Waals surface area (Å²) in [6, 6.07) is 7.48. The van der Waals surface area contributed by atoms with Gasteiger partial charge in [0.15, 0.2) is 0 Å². The Kier molecular flexibility index (Phi) is 6.06. The van der Waals surface area contributed by atoms with E-state index in [4.69, 9.17) is 0 Å². The summed E-state index contributed by atoms with van der Waals surface area (Å²) in [6.45, 7) is 11.9. The van der Waals surface area contributed by atoms with E-state index in [-0.39, 0.29) is 17.7 Å². The molecule has 26 heavy (non-hydrogen) atoms. The van der Waals surface area contributed by atoms with Crippen molar-refractivity contribution < 1.29 is 9.59 Å². The molecule has 1 aliphatic rings. The van der Waals surface area contributed by atoms with Crippen molar-refractivity contribution in [1.29, 1.82) is 0 Å². The van der Waals surface area contributed by atoms with E-state index in [0.717, 1.165) is 12.8 Å². The number of hydrogen-bond donors (Lipinski definition) is 1. The first kappa shape index (κ1) is 20.0. The van der Waals surface area contributed by atoms with Gasteiger partial charge in [-0.25, -0.2) is 5.01 Å². The number of hydrazine groups is 1. The first-order valence-corrected chi connectivity index (χ1v) is 9.20. The Morgan fingerprint density at radius 1 is 1.08 bits per heavy atom. The number of aryl methyl sites for hydroxylation is 1. The molecule has 0 bridgehead atoms. The SMILES string of the molecule is CCc1ccc(C(=O)NN(C(=O)C2C=C(C)CC(C)=C2)C(C)(C)C)cc1. The molecular formula is C22H30N2O2. The van der Waals surface area contributed by atoms with E-state index in [1.165, 1.54) is 21.7 Å². The second kappa shape index (κ2) is 7.90. The molecule has 0 aliphatic heterocycles. The molecule has 0 spiro atoms. The van der Waals surface area contributed by atoms with Crippen LogP contribution in [0.3, 0.4) is 0 Å². The number of rotatable bonds is 3. The summed E-state index contributed by atoms with van der Waals surface area (Å²) in [5.74, 6) is -0.728. The first-order valence-electron chi connectivity index (χ1n) is 9.20. The third kappa shape index (κ3) is 4.84.